The zero-order chi connectivity index (χ0) is 17.5. The summed E-state index contributed by atoms with van der Waals surface area (Å²) >= 11 is 0. The van der Waals surface area contributed by atoms with Crippen LogP contribution in [0.1, 0.15) is 10.4 Å². The quantitative estimate of drug-likeness (QED) is 0.238. The minimum absolute atomic E-state index is 0.312. The highest BCUT2D eigenvalue weighted by Crippen LogP contribution is 2.16. The van der Waals surface area contributed by atoms with Gasteiger partial charge in [0.05, 0.1) is 45.2 Å². The van der Waals surface area contributed by atoms with Gasteiger partial charge in [0.25, 0.3) is 5.91 Å². The second-order valence-electron chi connectivity index (χ2n) is 4.50. The van der Waals surface area contributed by atoms with Crippen molar-refractivity contribution in [1.29, 1.82) is 0 Å². The molecule has 1 rings (SSSR count). The van der Waals surface area contributed by atoms with E-state index in [4.69, 9.17) is 30.2 Å². The fraction of sp³-hybridized carbons (Fsp3) is 0.533. The maximum atomic E-state index is 11.2. The van der Waals surface area contributed by atoms with Crippen molar-refractivity contribution >= 4 is 5.91 Å². The van der Waals surface area contributed by atoms with Crippen molar-refractivity contribution in [1.82, 2.24) is 0 Å². The lowest BCUT2D eigenvalue weighted by Crippen LogP contribution is -2.16. The molecule has 24 heavy (non-hydrogen) atoms. The standard InChI is InChI=1S/C15H22N4O5/c16-15(20)13-3-1-2-4-14(13)24-12-11-23-10-9-22-8-7-21-6-5-18-19-17/h1-4H,5-12H2,(H2,16,20). The Balaban J connectivity index is 1.96. The van der Waals surface area contributed by atoms with Crippen LogP contribution in [0.3, 0.4) is 0 Å². The van der Waals surface area contributed by atoms with E-state index in [-0.39, 0.29) is 0 Å². The van der Waals surface area contributed by atoms with Gasteiger partial charge in [-0.1, -0.05) is 17.2 Å². The predicted molar refractivity (Wildman–Crippen MR) is 86.9 cm³/mol. The first-order chi connectivity index (χ1) is 11.8. The highest BCUT2D eigenvalue weighted by molar-refractivity contribution is 5.95. The van der Waals surface area contributed by atoms with Crippen LogP contribution in [0, 0.1) is 0 Å². The molecule has 0 saturated heterocycles. The van der Waals surface area contributed by atoms with E-state index in [0.717, 1.165) is 0 Å². The van der Waals surface area contributed by atoms with Gasteiger partial charge >= 0.3 is 0 Å². The normalized spacial score (nSPS) is 10.2. The van der Waals surface area contributed by atoms with Crippen LogP contribution in [0.25, 0.3) is 10.4 Å². The maximum Gasteiger partial charge on any atom is 0.252 e. The molecule has 0 aliphatic carbocycles. The minimum Gasteiger partial charge on any atom is -0.490 e. The number of carbonyl (C=O) groups is 1. The molecular weight excluding hydrogens is 316 g/mol. The summed E-state index contributed by atoms with van der Waals surface area (Å²) in [7, 11) is 0. The van der Waals surface area contributed by atoms with Crippen LogP contribution in [0.2, 0.25) is 0 Å². The van der Waals surface area contributed by atoms with Crippen molar-refractivity contribution in [2.24, 2.45) is 10.8 Å². The minimum atomic E-state index is -0.526. The molecule has 0 unspecified atom stereocenters. The van der Waals surface area contributed by atoms with Crippen LogP contribution >= 0.6 is 0 Å². The number of carbonyl (C=O) groups excluding carboxylic acids is 1. The van der Waals surface area contributed by atoms with Gasteiger partial charge in [0.15, 0.2) is 0 Å². The second kappa shape index (κ2) is 13.1. The Labute approximate surface area is 140 Å². The average molecular weight is 338 g/mol. The monoisotopic (exact) mass is 338 g/mol. The third kappa shape index (κ3) is 8.96. The number of hydrogen-bond donors (Lipinski definition) is 1. The maximum absolute atomic E-state index is 11.2. The van der Waals surface area contributed by atoms with Gasteiger partial charge in [-0.2, -0.15) is 0 Å². The fourth-order valence-electron chi connectivity index (χ4n) is 1.70. The lowest BCUT2D eigenvalue weighted by Gasteiger charge is -2.10. The van der Waals surface area contributed by atoms with Gasteiger partial charge in [0.2, 0.25) is 0 Å². The number of rotatable bonds is 14. The molecule has 0 radical (unpaired) electrons. The molecule has 1 aromatic rings. The lowest BCUT2D eigenvalue weighted by molar-refractivity contribution is 0.0105. The molecule has 0 aliphatic rings. The van der Waals surface area contributed by atoms with Crippen LogP contribution in [0.15, 0.2) is 29.4 Å². The van der Waals surface area contributed by atoms with E-state index in [1.54, 1.807) is 24.3 Å². The van der Waals surface area contributed by atoms with Gasteiger partial charge in [-0.25, -0.2) is 0 Å². The zero-order valence-electron chi connectivity index (χ0n) is 13.4. The molecule has 1 aromatic carbocycles. The number of para-hydroxylation sites is 1. The predicted octanol–water partition coefficient (Wildman–Crippen LogP) is 1.52. The van der Waals surface area contributed by atoms with Gasteiger partial charge in [-0.3, -0.25) is 4.79 Å². The fourth-order valence-corrected chi connectivity index (χ4v) is 1.70. The van der Waals surface area contributed by atoms with Gasteiger partial charge in [0.1, 0.15) is 12.4 Å². The number of primary amides is 1. The number of nitrogens with zero attached hydrogens (tertiary/aromatic N) is 3. The Morgan fingerprint density at radius 3 is 2.21 bits per heavy atom. The van der Waals surface area contributed by atoms with Gasteiger partial charge in [-0.15, -0.1) is 0 Å². The number of amides is 1. The zero-order valence-corrected chi connectivity index (χ0v) is 13.4. The van der Waals surface area contributed by atoms with E-state index in [1.165, 1.54) is 0 Å². The van der Waals surface area contributed by atoms with Gasteiger partial charge in [0, 0.05) is 11.5 Å². The molecular formula is C15H22N4O5. The van der Waals surface area contributed by atoms with E-state index in [2.05, 4.69) is 10.0 Å². The van der Waals surface area contributed by atoms with Crippen LogP contribution in [-0.4, -0.2) is 58.7 Å². The van der Waals surface area contributed by atoms with Crippen molar-refractivity contribution in [3.05, 3.63) is 40.3 Å². The largest absolute Gasteiger partial charge is 0.490 e. The molecule has 0 aliphatic heterocycles. The summed E-state index contributed by atoms with van der Waals surface area (Å²) in [5.74, 6) is -0.0794. The molecule has 9 nitrogen and oxygen atoms in total. The molecule has 0 atom stereocenters. The molecule has 132 valence electrons. The molecule has 1 amide bonds. The summed E-state index contributed by atoms with van der Waals surface area (Å²) in [6, 6.07) is 6.79. The first-order valence-electron chi connectivity index (χ1n) is 7.51. The number of ether oxygens (including phenoxy) is 4. The summed E-state index contributed by atoms with van der Waals surface area (Å²) in [5.41, 5.74) is 13.7. The molecule has 0 heterocycles. The Morgan fingerprint density at radius 2 is 1.58 bits per heavy atom. The average Bonchev–Trinajstić information content (AvgIpc) is 2.59. The smallest absolute Gasteiger partial charge is 0.252 e. The van der Waals surface area contributed by atoms with Crippen molar-refractivity contribution in [3.63, 3.8) is 0 Å². The van der Waals surface area contributed by atoms with E-state index >= 15 is 0 Å². The first-order valence-corrected chi connectivity index (χ1v) is 7.51. The second-order valence-corrected chi connectivity index (χ2v) is 4.50. The lowest BCUT2D eigenvalue weighted by atomic mass is 10.2. The van der Waals surface area contributed by atoms with Crippen LogP contribution < -0.4 is 10.5 Å². The molecule has 0 fully saturated rings. The molecule has 2 N–H and O–H groups in total. The Hall–Kier alpha value is -2.32. The summed E-state index contributed by atoms with van der Waals surface area (Å²) in [6.45, 7) is 3.14. The van der Waals surface area contributed by atoms with E-state index < -0.39 is 5.91 Å². The third-order valence-electron chi connectivity index (χ3n) is 2.78. The third-order valence-corrected chi connectivity index (χ3v) is 2.78. The topological polar surface area (TPSA) is 129 Å². The molecule has 0 spiro atoms. The Morgan fingerprint density at radius 1 is 1.00 bits per heavy atom. The highest BCUT2D eigenvalue weighted by Gasteiger charge is 2.07. The van der Waals surface area contributed by atoms with Gasteiger partial charge in [-0.05, 0) is 17.7 Å². The van der Waals surface area contributed by atoms with E-state index in [1.807, 2.05) is 0 Å². The number of nitrogens with two attached hydrogens (primary N) is 1. The molecule has 0 aromatic heterocycles. The van der Waals surface area contributed by atoms with Crippen molar-refractivity contribution in [2.45, 2.75) is 0 Å². The first kappa shape index (κ1) is 19.7. The van der Waals surface area contributed by atoms with Crippen LogP contribution in [-0.2, 0) is 14.2 Å². The summed E-state index contributed by atoms with van der Waals surface area (Å²) < 4.78 is 21.3. The van der Waals surface area contributed by atoms with Gasteiger partial charge < -0.3 is 24.7 Å². The molecule has 9 heteroatoms. The Kier molecular flexibility index (Phi) is 10.8. The highest BCUT2D eigenvalue weighted by atomic mass is 16.6. The Bertz CT molecular complexity index is 534. The van der Waals surface area contributed by atoms with Crippen molar-refractivity contribution < 1.29 is 23.7 Å². The number of benzene rings is 1. The number of azide groups is 1. The summed E-state index contributed by atoms with van der Waals surface area (Å²) in [4.78, 5) is 13.8. The van der Waals surface area contributed by atoms with Crippen molar-refractivity contribution in [2.75, 3.05) is 52.8 Å². The van der Waals surface area contributed by atoms with Crippen LogP contribution in [0.4, 0.5) is 0 Å². The van der Waals surface area contributed by atoms with E-state index in [9.17, 15) is 4.79 Å². The SMILES string of the molecule is [N-]=[N+]=NCCOCCOCCOCCOc1ccccc1C(N)=O. The number of hydrogen-bond acceptors (Lipinski definition) is 6. The van der Waals surface area contributed by atoms with Crippen LogP contribution in [0.5, 0.6) is 5.75 Å². The molecule has 0 saturated carbocycles. The van der Waals surface area contributed by atoms with E-state index in [0.29, 0.717) is 64.1 Å². The molecule has 0 bridgehead atoms. The summed E-state index contributed by atoms with van der Waals surface area (Å²) in [5, 5.41) is 3.34. The van der Waals surface area contributed by atoms with Crippen molar-refractivity contribution in [3.8, 4) is 5.75 Å². The summed E-state index contributed by atoms with van der Waals surface area (Å²) in [6.07, 6.45) is 0.